The van der Waals surface area contributed by atoms with Crippen LogP contribution in [0.25, 0.3) is 11.5 Å². The molecule has 0 bridgehead atoms. The summed E-state index contributed by atoms with van der Waals surface area (Å²) in [4.78, 5) is 14.6. The molecule has 1 amide bonds. The van der Waals surface area contributed by atoms with E-state index in [9.17, 15) is 13.2 Å². The van der Waals surface area contributed by atoms with Crippen molar-refractivity contribution in [1.82, 2.24) is 14.4 Å². The van der Waals surface area contributed by atoms with Crippen molar-refractivity contribution in [2.75, 3.05) is 26.2 Å². The van der Waals surface area contributed by atoms with Crippen molar-refractivity contribution in [1.29, 1.82) is 0 Å². The maximum absolute atomic E-state index is 13.0. The number of amides is 1. The first kappa shape index (κ1) is 19.4. The molecule has 0 unspecified atom stereocenters. The van der Waals surface area contributed by atoms with Crippen LogP contribution in [0.1, 0.15) is 21.6 Å². The van der Waals surface area contributed by atoms with Crippen LogP contribution in [0, 0.1) is 13.8 Å². The molecule has 0 radical (unpaired) electrons. The zero-order valence-electron chi connectivity index (χ0n) is 16.2. The zero-order valence-corrected chi connectivity index (χ0v) is 17.0. The lowest BCUT2D eigenvalue weighted by Gasteiger charge is -2.33. The standard InChI is InChI=1S/C20H21N3O5S/c1-14-5-6-19(15(2)12-14)29(25,26)23-9-7-22(8-10-23)20(24)16-13-18(28-21-16)17-4-3-11-27-17/h3-6,11-13H,7-10H2,1-2H3. The molecule has 1 fully saturated rings. The molecule has 29 heavy (non-hydrogen) atoms. The zero-order chi connectivity index (χ0) is 20.6. The lowest BCUT2D eigenvalue weighted by Crippen LogP contribution is -2.50. The van der Waals surface area contributed by atoms with Gasteiger partial charge < -0.3 is 13.8 Å². The van der Waals surface area contributed by atoms with Gasteiger partial charge in [-0.2, -0.15) is 4.31 Å². The summed E-state index contributed by atoms with van der Waals surface area (Å²) in [5.74, 6) is 0.561. The number of carbonyl (C=O) groups excluding carboxylic acids is 1. The van der Waals surface area contributed by atoms with Crippen molar-refractivity contribution in [3.8, 4) is 11.5 Å². The van der Waals surface area contributed by atoms with Gasteiger partial charge in [0.05, 0.1) is 11.2 Å². The van der Waals surface area contributed by atoms with Gasteiger partial charge in [-0.3, -0.25) is 4.79 Å². The quantitative estimate of drug-likeness (QED) is 0.650. The minimum atomic E-state index is -3.60. The number of furan rings is 1. The fraction of sp³-hybridized carbons (Fsp3) is 0.300. The third-order valence-electron chi connectivity index (χ3n) is 4.97. The van der Waals surface area contributed by atoms with E-state index >= 15 is 0 Å². The number of carbonyl (C=O) groups is 1. The van der Waals surface area contributed by atoms with Crippen molar-refractivity contribution in [3.63, 3.8) is 0 Å². The number of nitrogens with zero attached hydrogens (tertiary/aromatic N) is 3. The van der Waals surface area contributed by atoms with Crippen LogP contribution in [-0.2, 0) is 10.0 Å². The van der Waals surface area contributed by atoms with E-state index in [0.717, 1.165) is 11.1 Å². The number of hydrogen-bond acceptors (Lipinski definition) is 6. The number of aromatic nitrogens is 1. The molecule has 3 heterocycles. The Morgan fingerprint density at radius 1 is 1.03 bits per heavy atom. The molecule has 1 aliphatic heterocycles. The molecule has 1 aromatic carbocycles. The summed E-state index contributed by atoms with van der Waals surface area (Å²) in [5.41, 5.74) is 1.90. The summed E-state index contributed by atoms with van der Waals surface area (Å²) in [6.07, 6.45) is 1.51. The lowest BCUT2D eigenvalue weighted by molar-refractivity contribution is 0.0687. The molecule has 4 rings (SSSR count). The average molecular weight is 415 g/mol. The van der Waals surface area contributed by atoms with Gasteiger partial charge in [-0.05, 0) is 37.6 Å². The third kappa shape index (κ3) is 3.70. The Hall–Kier alpha value is -2.91. The molecule has 152 valence electrons. The highest BCUT2D eigenvalue weighted by molar-refractivity contribution is 7.89. The van der Waals surface area contributed by atoms with Gasteiger partial charge in [-0.25, -0.2) is 8.42 Å². The van der Waals surface area contributed by atoms with Gasteiger partial charge in [0.15, 0.2) is 11.5 Å². The predicted molar refractivity (Wildman–Crippen MR) is 105 cm³/mol. The normalized spacial score (nSPS) is 15.6. The van der Waals surface area contributed by atoms with Crippen LogP contribution in [-0.4, -0.2) is 54.9 Å². The first-order chi connectivity index (χ1) is 13.9. The molecular formula is C20H21N3O5S. The molecule has 0 spiro atoms. The Morgan fingerprint density at radius 3 is 2.45 bits per heavy atom. The van der Waals surface area contributed by atoms with Crippen molar-refractivity contribution in [2.24, 2.45) is 0 Å². The maximum atomic E-state index is 13.0. The second-order valence-electron chi connectivity index (χ2n) is 7.02. The molecule has 3 aromatic rings. The average Bonchev–Trinajstić information content (AvgIpc) is 3.39. The van der Waals surface area contributed by atoms with Gasteiger partial charge in [0.2, 0.25) is 15.8 Å². The number of sulfonamides is 1. The van der Waals surface area contributed by atoms with E-state index in [1.807, 2.05) is 13.0 Å². The van der Waals surface area contributed by atoms with Crippen molar-refractivity contribution >= 4 is 15.9 Å². The number of piperazine rings is 1. The highest BCUT2D eigenvalue weighted by Crippen LogP contribution is 2.24. The highest BCUT2D eigenvalue weighted by atomic mass is 32.2. The summed E-state index contributed by atoms with van der Waals surface area (Å²) < 4.78 is 37.8. The van der Waals surface area contributed by atoms with Crippen molar-refractivity contribution in [3.05, 3.63) is 59.5 Å². The molecular weight excluding hydrogens is 394 g/mol. The van der Waals surface area contributed by atoms with Gasteiger partial charge in [0.1, 0.15) is 0 Å². The second kappa shape index (κ2) is 7.49. The van der Waals surface area contributed by atoms with Crippen LogP contribution in [0.3, 0.4) is 0 Å². The van der Waals surface area contributed by atoms with Crippen LogP contribution in [0.5, 0.6) is 0 Å². The molecule has 0 N–H and O–H groups in total. The van der Waals surface area contributed by atoms with Crippen molar-refractivity contribution < 1.29 is 22.2 Å². The van der Waals surface area contributed by atoms with E-state index in [1.165, 1.54) is 16.6 Å². The number of rotatable bonds is 4. The maximum Gasteiger partial charge on any atom is 0.276 e. The van der Waals surface area contributed by atoms with E-state index in [4.69, 9.17) is 8.94 Å². The van der Waals surface area contributed by atoms with Gasteiger partial charge in [0, 0.05) is 32.2 Å². The topological polar surface area (TPSA) is 96.9 Å². The smallest absolute Gasteiger partial charge is 0.276 e. The van der Waals surface area contributed by atoms with Crippen LogP contribution >= 0.6 is 0 Å². The fourth-order valence-corrected chi connectivity index (χ4v) is 5.06. The van der Waals surface area contributed by atoms with Crippen LogP contribution in [0.15, 0.2) is 56.5 Å². The molecule has 9 heteroatoms. The summed E-state index contributed by atoms with van der Waals surface area (Å²) in [7, 11) is -3.60. The van der Waals surface area contributed by atoms with E-state index in [2.05, 4.69) is 5.16 Å². The third-order valence-corrected chi connectivity index (χ3v) is 7.03. The molecule has 1 saturated heterocycles. The Bertz CT molecular complexity index is 1130. The first-order valence-electron chi connectivity index (χ1n) is 9.23. The van der Waals surface area contributed by atoms with Gasteiger partial charge in [0.25, 0.3) is 5.91 Å². The van der Waals surface area contributed by atoms with E-state index in [1.54, 1.807) is 36.1 Å². The highest BCUT2D eigenvalue weighted by Gasteiger charge is 2.32. The Labute approximate surface area is 168 Å². The summed E-state index contributed by atoms with van der Waals surface area (Å²) in [5, 5.41) is 3.82. The lowest BCUT2D eigenvalue weighted by atomic mass is 10.2. The minimum Gasteiger partial charge on any atom is -0.461 e. The Kier molecular flexibility index (Phi) is 5.01. The molecule has 0 aliphatic carbocycles. The van der Waals surface area contributed by atoms with Crippen LogP contribution in [0.4, 0.5) is 0 Å². The Balaban J connectivity index is 1.44. The fourth-order valence-electron chi connectivity index (χ4n) is 3.43. The van der Waals surface area contributed by atoms with Gasteiger partial charge in [-0.1, -0.05) is 22.9 Å². The van der Waals surface area contributed by atoms with Crippen molar-refractivity contribution in [2.45, 2.75) is 18.7 Å². The molecule has 0 atom stereocenters. The monoisotopic (exact) mass is 415 g/mol. The summed E-state index contributed by atoms with van der Waals surface area (Å²) in [6, 6.07) is 10.2. The largest absolute Gasteiger partial charge is 0.461 e. The first-order valence-corrected chi connectivity index (χ1v) is 10.7. The molecule has 8 nitrogen and oxygen atoms in total. The number of aryl methyl sites for hydroxylation is 2. The summed E-state index contributed by atoms with van der Waals surface area (Å²) >= 11 is 0. The molecule has 1 aliphatic rings. The van der Waals surface area contributed by atoms with E-state index in [0.29, 0.717) is 16.4 Å². The van der Waals surface area contributed by atoms with E-state index < -0.39 is 10.0 Å². The minimum absolute atomic E-state index is 0.169. The van der Waals surface area contributed by atoms with Crippen LogP contribution in [0.2, 0.25) is 0 Å². The SMILES string of the molecule is Cc1ccc(S(=O)(=O)N2CCN(C(=O)c3cc(-c4ccco4)on3)CC2)c(C)c1. The summed E-state index contributed by atoms with van der Waals surface area (Å²) in [6.45, 7) is 4.74. The van der Waals surface area contributed by atoms with Crippen LogP contribution < -0.4 is 0 Å². The van der Waals surface area contributed by atoms with Gasteiger partial charge in [-0.15, -0.1) is 0 Å². The second-order valence-corrected chi connectivity index (χ2v) is 8.93. The number of benzene rings is 1. The molecule has 2 aromatic heterocycles. The van der Waals surface area contributed by atoms with Gasteiger partial charge >= 0.3 is 0 Å². The van der Waals surface area contributed by atoms with E-state index in [-0.39, 0.29) is 37.8 Å². The number of hydrogen-bond donors (Lipinski definition) is 0. The Morgan fingerprint density at radius 2 is 1.79 bits per heavy atom. The predicted octanol–water partition coefficient (Wildman–Crippen LogP) is 2.70. The molecule has 0 saturated carbocycles.